The van der Waals surface area contributed by atoms with Crippen molar-refractivity contribution in [2.45, 2.75) is 31.3 Å². The predicted octanol–water partition coefficient (Wildman–Crippen LogP) is 1.30. The van der Waals surface area contributed by atoms with E-state index >= 15 is 0 Å². The Labute approximate surface area is 153 Å². The fourth-order valence-electron chi connectivity index (χ4n) is 3.11. The summed E-state index contributed by atoms with van der Waals surface area (Å²) in [6.45, 7) is 3.69. The number of rotatable bonds is 3. The minimum atomic E-state index is -4.72. The molecular weight excluding hydrogens is 387 g/mol. The van der Waals surface area contributed by atoms with Gasteiger partial charge in [0.1, 0.15) is 10.6 Å². The van der Waals surface area contributed by atoms with E-state index in [4.69, 9.17) is 0 Å². The number of halogens is 3. The Morgan fingerprint density at radius 2 is 1.96 bits per heavy atom. The number of aryl methyl sites for hydroxylation is 1. The maximum absolute atomic E-state index is 13.2. The molecule has 0 saturated carbocycles. The molecule has 2 aromatic rings. The van der Waals surface area contributed by atoms with Crippen LogP contribution in [0.1, 0.15) is 24.7 Å². The molecule has 1 amide bonds. The first-order chi connectivity index (χ1) is 12.6. The number of nitrogens with zero attached hydrogens (tertiary/aromatic N) is 5. The van der Waals surface area contributed by atoms with Gasteiger partial charge in [0.15, 0.2) is 5.65 Å². The highest BCUT2D eigenvalue weighted by molar-refractivity contribution is 7.89. The van der Waals surface area contributed by atoms with Gasteiger partial charge in [-0.15, -0.1) is 0 Å². The highest BCUT2D eigenvalue weighted by atomic mass is 32.2. The van der Waals surface area contributed by atoms with Gasteiger partial charge in [0.05, 0.1) is 12.2 Å². The highest BCUT2D eigenvalue weighted by Crippen LogP contribution is 2.32. The summed E-state index contributed by atoms with van der Waals surface area (Å²) in [4.78, 5) is 17.2. The minimum Gasteiger partial charge on any atom is -0.342 e. The average Bonchev–Trinajstić information content (AvgIpc) is 2.79. The second-order valence-electron chi connectivity index (χ2n) is 6.14. The van der Waals surface area contributed by atoms with E-state index in [1.165, 1.54) is 6.92 Å². The number of likely N-dealkylation sites (N-methyl/N-ethyl adjacent to an activating group) is 1. The molecule has 1 aliphatic rings. The molecule has 8 nitrogen and oxygen atoms in total. The van der Waals surface area contributed by atoms with Gasteiger partial charge in [-0.2, -0.15) is 22.6 Å². The number of hydrogen-bond donors (Lipinski definition) is 0. The molecule has 12 heteroatoms. The van der Waals surface area contributed by atoms with Gasteiger partial charge in [0.25, 0.3) is 0 Å². The van der Waals surface area contributed by atoms with Crippen molar-refractivity contribution < 1.29 is 26.4 Å². The number of fused-ring (bicyclic) bond motifs is 1. The van der Waals surface area contributed by atoms with Crippen LogP contribution < -0.4 is 0 Å². The van der Waals surface area contributed by atoms with Gasteiger partial charge in [-0.1, -0.05) is 0 Å². The van der Waals surface area contributed by atoms with Gasteiger partial charge >= 0.3 is 6.18 Å². The lowest BCUT2D eigenvalue weighted by Gasteiger charge is -2.20. The number of hydrogen-bond acceptors (Lipinski definition) is 5. The number of carbonyl (C=O) groups is 1. The van der Waals surface area contributed by atoms with Crippen LogP contribution in [-0.2, 0) is 21.0 Å². The van der Waals surface area contributed by atoms with Crippen molar-refractivity contribution in [3.8, 4) is 0 Å². The third kappa shape index (κ3) is 3.38. The molecular formula is C15H18F3N5O3S. The standard InChI is InChI=1S/C15H18F3N5O3S/c1-3-21-7-4-8-22(9-12(21)24)27(25,26)13-10(2)20-23-11(15(16,17)18)5-6-19-14(13)23/h5-6H,3-4,7-9H2,1-2H3. The van der Waals surface area contributed by atoms with Crippen LogP contribution in [0.2, 0.25) is 0 Å². The zero-order valence-electron chi connectivity index (χ0n) is 14.7. The molecule has 0 spiro atoms. The quantitative estimate of drug-likeness (QED) is 0.768. The average molecular weight is 405 g/mol. The molecule has 27 heavy (non-hydrogen) atoms. The van der Waals surface area contributed by atoms with E-state index < -0.39 is 32.4 Å². The van der Waals surface area contributed by atoms with E-state index in [0.717, 1.165) is 16.6 Å². The van der Waals surface area contributed by atoms with Crippen LogP contribution in [0.25, 0.3) is 5.65 Å². The van der Waals surface area contributed by atoms with E-state index in [2.05, 4.69) is 10.1 Å². The van der Waals surface area contributed by atoms with Crippen LogP contribution in [0.3, 0.4) is 0 Å². The van der Waals surface area contributed by atoms with Crippen molar-refractivity contribution >= 4 is 21.6 Å². The van der Waals surface area contributed by atoms with Crippen molar-refractivity contribution in [3.05, 3.63) is 23.7 Å². The Morgan fingerprint density at radius 3 is 2.59 bits per heavy atom. The lowest BCUT2D eigenvalue weighted by atomic mass is 10.4. The van der Waals surface area contributed by atoms with Crippen LogP contribution in [0.15, 0.2) is 17.2 Å². The third-order valence-corrected chi connectivity index (χ3v) is 6.40. The maximum atomic E-state index is 13.2. The molecule has 0 N–H and O–H groups in total. The minimum absolute atomic E-state index is 0.0836. The molecule has 0 radical (unpaired) electrons. The predicted molar refractivity (Wildman–Crippen MR) is 88.4 cm³/mol. The summed E-state index contributed by atoms with van der Waals surface area (Å²) in [5.74, 6) is -0.350. The molecule has 1 saturated heterocycles. The Hall–Kier alpha value is -2.21. The van der Waals surface area contributed by atoms with Crippen molar-refractivity contribution in [1.29, 1.82) is 0 Å². The molecule has 1 aliphatic heterocycles. The van der Waals surface area contributed by atoms with E-state index in [1.807, 2.05) is 0 Å². The summed E-state index contributed by atoms with van der Waals surface area (Å²) < 4.78 is 67.3. The highest BCUT2D eigenvalue weighted by Gasteiger charge is 2.38. The summed E-state index contributed by atoms with van der Waals surface area (Å²) in [5, 5.41) is 3.75. The molecule has 3 rings (SSSR count). The summed E-state index contributed by atoms with van der Waals surface area (Å²) in [5.41, 5.74) is -1.64. The van der Waals surface area contributed by atoms with Gasteiger partial charge < -0.3 is 4.90 Å². The Bertz CT molecular complexity index is 986. The first kappa shape index (κ1) is 19.5. The fraction of sp³-hybridized carbons (Fsp3) is 0.533. The van der Waals surface area contributed by atoms with Crippen molar-refractivity contribution in [1.82, 2.24) is 23.8 Å². The number of amides is 1. The molecule has 0 atom stereocenters. The normalized spacial score (nSPS) is 17.5. The number of carbonyl (C=O) groups excluding carboxylic acids is 1. The summed E-state index contributed by atoms with van der Waals surface area (Å²) >= 11 is 0. The van der Waals surface area contributed by atoms with E-state index in [1.54, 1.807) is 11.8 Å². The van der Waals surface area contributed by atoms with Gasteiger partial charge in [-0.3, -0.25) is 4.79 Å². The summed E-state index contributed by atoms with van der Waals surface area (Å²) in [6, 6.07) is 0.727. The van der Waals surface area contributed by atoms with Crippen molar-refractivity contribution in [3.63, 3.8) is 0 Å². The first-order valence-electron chi connectivity index (χ1n) is 8.26. The Morgan fingerprint density at radius 1 is 1.26 bits per heavy atom. The SMILES string of the molecule is CCN1CCCN(S(=O)(=O)c2c(C)nn3c(C(F)(F)F)ccnc23)CC1=O. The van der Waals surface area contributed by atoms with Gasteiger partial charge in [0.2, 0.25) is 15.9 Å². The van der Waals surface area contributed by atoms with Crippen molar-refractivity contribution in [2.24, 2.45) is 0 Å². The zero-order valence-corrected chi connectivity index (χ0v) is 15.5. The summed E-state index contributed by atoms with van der Waals surface area (Å²) in [7, 11) is -4.25. The fourth-order valence-corrected chi connectivity index (χ4v) is 4.80. The lowest BCUT2D eigenvalue weighted by Crippen LogP contribution is -2.39. The third-order valence-electron chi connectivity index (χ3n) is 4.41. The molecule has 1 fully saturated rings. The van der Waals surface area contributed by atoms with Gasteiger partial charge in [-0.25, -0.2) is 17.9 Å². The molecule has 0 aromatic carbocycles. The number of aromatic nitrogens is 3. The van der Waals surface area contributed by atoms with E-state index in [9.17, 15) is 26.4 Å². The maximum Gasteiger partial charge on any atom is 0.433 e. The lowest BCUT2D eigenvalue weighted by molar-refractivity contribution is -0.142. The smallest absolute Gasteiger partial charge is 0.342 e. The summed E-state index contributed by atoms with van der Waals surface area (Å²) in [6.07, 6.45) is -3.40. The zero-order chi connectivity index (χ0) is 20.0. The van der Waals surface area contributed by atoms with Crippen molar-refractivity contribution in [2.75, 3.05) is 26.2 Å². The second-order valence-corrected chi connectivity index (χ2v) is 8.02. The second kappa shape index (κ2) is 6.75. The number of alkyl halides is 3. The van der Waals surface area contributed by atoms with Crippen LogP contribution in [-0.4, -0.2) is 64.3 Å². The largest absolute Gasteiger partial charge is 0.433 e. The molecule has 0 bridgehead atoms. The van der Waals surface area contributed by atoms with E-state index in [0.29, 0.717) is 24.0 Å². The first-order valence-corrected chi connectivity index (χ1v) is 9.70. The van der Waals surface area contributed by atoms with Gasteiger partial charge in [0, 0.05) is 25.8 Å². The Kier molecular flexibility index (Phi) is 4.89. The van der Waals surface area contributed by atoms with Crippen LogP contribution in [0.5, 0.6) is 0 Å². The van der Waals surface area contributed by atoms with E-state index in [-0.39, 0.29) is 24.7 Å². The molecule has 3 heterocycles. The number of sulfonamides is 1. The molecule has 0 unspecified atom stereocenters. The van der Waals surface area contributed by atoms with Crippen LogP contribution in [0.4, 0.5) is 13.2 Å². The van der Waals surface area contributed by atoms with Crippen LogP contribution >= 0.6 is 0 Å². The van der Waals surface area contributed by atoms with Gasteiger partial charge in [-0.05, 0) is 26.3 Å². The van der Waals surface area contributed by atoms with Crippen LogP contribution in [0, 0.1) is 6.92 Å². The molecule has 2 aromatic heterocycles. The molecule has 148 valence electrons. The monoisotopic (exact) mass is 405 g/mol. The topological polar surface area (TPSA) is 87.9 Å². The molecule has 0 aliphatic carbocycles. The Balaban J connectivity index is 2.11.